The molecule has 3 aromatic rings. The van der Waals surface area contributed by atoms with Crippen molar-refractivity contribution in [2.45, 2.75) is 51.2 Å². The average Bonchev–Trinajstić information content (AvgIpc) is 3.62. The topological polar surface area (TPSA) is 105 Å². The Kier molecular flexibility index (Phi) is 7.47. The van der Waals surface area contributed by atoms with Crippen LogP contribution in [-0.4, -0.2) is 35.2 Å². The number of hydrogen-bond acceptors (Lipinski definition) is 5. The second-order valence-electron chi connectivity index (χ2n) is 8.51. The Bertz CT molecular complexity index is 1100. The van der Waals surface area contributed by atoms with Gasteiger partial charge in [-0.3, -0.25) is 14.4 Å². The first kappa shape index (κ1) is 23.4. The van der Waals surface area contributed by atoms with E-state index in [1.54, 1.807) is 18.2 Å². The van der Waals surface area contributed by atoms with E-state index in [1.165, 1.54) is 23.5 Å². The summed E-state index contributed by atoms with van der Waals surface area (Å²) in [5.41, 5.74) is 1.63. The number of nitrogens with zero attached hydrogens (tertiary/aromatic N) is 1. The molecule has 0 bridgehead atoms. The summed E-state index contributed by atoms with van der Waals surface area (Å²) in [5.74, 6) is -0.499. The van der Waals surface area contributed by atoms with Crippen LogP contribution in [-0.2, 0) is 16.1 Å². The molecule has 0 radical (unpaired) electrons. The summed E-state index contributed by atoms with van der Waals surface area (Å²) in [7, 11) is 0. The fraction of sp³-hybridized carbons (Fsp3) is 0.346. The van der Waals surface area contributed by atoms with Crippen molar-refractivity contribution >= 4 is 17.7 Å². The lowest BCUT2D eigenvalue weighted by Crippen LogP contribution is -2.48. The number of benzene rings is 1. The van der Waals surface area contributed by atoms with Gasteiger partial charge in [0.2, 0.25) is 11.8 Å². The van der Waals surface area contributed by atoms with E-state index in [0.717, 1.165) is 36.8 Å². The van der Waals surface area contributed by atoms with Crippen LogP contribution in [0.25, 0.3) is 0 Å². The highest BCUT2D eigenvalue weighted by molar-refractivity contribution is 5.95. The average molecular weight is 464 g/mol. The van der Waals surface area contributed by atoms with Crippen LogP contribution >= 0.6 is 0 Å². The maximum atomic E-state index is 13.6. The molecule has 178 valence electrons. The summed E-state index contributed by atoms with van der Waals surface area (Å²) in [6, 6.07) is 13.4. The van der Waals surface area contributed by atoms with Gasteiger partial charge in [-0.05, 0) is 55.2 Å². The fourth-order valence-corrected chi connectivity index (χ4v) is 4.34. The zero-order valence-electron chi connectivity index (χ0n) is 19.2. The number of aryl methyl sites for hydroxylation is 1. The maximum Gasteiger partial charge on any atom is 0.287 e. The van der Waals surface area contributed by atoms with Crippen LogP contribution in [0.3, 0.4) is 0 Å². The molecule has 1 aliphatic carbocycles. The molecule has 4 rings (SSSR count). The fourth-order valence-electron chi connectivity index (χ4n) is 4.34. The number of carbonyl (C=O) groups excluding carboxylic acids is 3. The molecule has 34 heavy (non-hydrogen) atoms. The van der Waals surface area contributed by atoms with E-state index in [2.05, 4.69) is 10.6 Å². The van der Waals surface area contributed by atoms with Crippen LogP contribution in [0.4, 0.5) is 0 Å². The molecule has 0 spiro atoms. The molecule has 0 aliphatic heterocycles. The first-order valence-corrected chi connectivity index (χ1v) is 11.5. The lowest BCUT2D eigenvalue weighted by atomic mass is 9.98. The van der Waals surface area contributed by atoms with Crippen molar-refractivity contribution in [3.8, 4) is 0 Å². The zero-order valence-corrected chi connectivity index (χ0v) is 19.2. The standard InChI is InChI=1S/C26H29N3O5/c1-18-8-2-5-12-21(18)24(26(32)28-19-9-3-4-10-19)29(17-20-11-6-14-33-20)23(30)16-27-25(31)22-13-7-15-34-22/h2,5-8,11-15,19,24H,3-4,9-10,16-17H2,1H3,(H,27,31)(H,28,32)/t24-/m1/s1. The third kappa shape index (κ3) is 5.57. The molecule has 2 heterocycles. The maximum absolute atomic E-state index is 13.6. The molecule has 0 unspecified atom stereocenters. The first-order valence-electron chi connectivity index (χ1n) is 11.5. The SMILES string of the molecule is Cc1ccccc1[C@H](C(=O)NC1CCCC1)N(Cc1ccco1)C(=O)CNC(=O)c1ccco1. The van der Waals surface area contributed by atoms with Gasteiger partial charge in [0.15, 0.2) is 5.76 Å². The zero-order chi connectivity index (χ0) is 23.9. The Morgan fingerprint density at radius 2 is 1.74 bits per heavy atom. The number of furan rings is 2. The van der Waals surface area contributed by atoms with Gasteiger partial charge in [-0.25, -0.2) is 0 Å². The summed E-state index contributed by atoms with van der Waals surface area (Å²) >= 11 is 0. The van der Waals surface area contributed by atoms with Gasteiger partial charge in [-0.15, -0.1) is 0 Å². The number of rotatable bonds is 9. The second kappa shape index (κ2) is 10.9. The van der Waals surface area contributed by atoms with Crippen LogP contribution in [0, 0.1) is 6.92 Å². The minimum absolute atomic E-state index is 0.0829. The van der Waals surface area contributed by atoms with Crippen molar-refractivity contribution in [2.24, 2.45) is 0 Å². The molecular weight excluding hydrogens is 434 g/mol. The number of amides is 3. The Hall–Kier alpha value is -3.81. The van der Waals surface area contributed by atoms with Crippen LogP contribution in [0.15, 0.2) is 69.9 Å². The van der Waals surface area contributed by atoms with Crippen LogP contribution in [0.5, 0.6) is 0 Å². The molecule has 1 atom stereocenters. The van der Waals surface area contributed by atoms with Gasteiger partial charge in [0, 0.05) is 6.04 Å². The van der Waals surface area contributed by atoms with Crippen molar-refractivity contribution in [1.29, 1.82) is 0 Å². The van der Waals surface area contributed by atoms with Crippen LogP contribution in [0.1, 0.15) is 59.2 Å². The molecule has 3 amide bonds. The molecule has 8 nitrogen and oxygen atoms in total. The van der Waals surface area contributed by atoms with E-state index in [-0.39, 0.29) is 30.8 Å². The predicted molar refractivity (Wildman–Crippen MR) is 125 cm³/mol. The molecule has 1 aliphatic rings. The largest absolute Gasteiger partial charge is 0.467 e. The van der Waals surface area contributed by atoms with Crippen LogP contribution in [0.2, 0.25) is 0 Å². The Balaban J connectivity index is 1.62. The summed E-state index contributed by atoms with van der Waals surface area (Å²) in [6.07, 6.45) is 6.93. The van der Waals surface area contributed by atoms with Crippen LogP contribution < -0.4 is 10.6 Å². The molecule has 2 aromatic heterocycles. The molecular formula is C26H29N3O5. The highest BCUT2D eigenvalue weighted by Crippen LogP contribution is 2.28. The molecule has 8 heteroatoms. The quantitative estimate of drug-likeness (QED) is 0.503. The van der Waals surface area contributed by atoms with Crippen molar-refractivity contribution in [3.63, 3.8) is 0 Å². The Morgan fingerprint density at radius 1 is 1.00 bits per heavy atom. The molecule has 2 N–H and O–H groups in total. The van der Waals surface area contributed by atoms with Gasteiger partial charge in [-0.2, -0.15) is 0 Å². The first-order chi connectivity index (χ1) is 16.5. The molecule has 1 aromatic carbocycles. The number of nitrogens with one attached hydrogen (secondary N) is 2. The Morgan fingerprint density at radius 3 is 2.41 bits per heavy atom. The summed E-state index contributed by atoms with van der Waals surface area (Å²) in [4.78, 5) is 40.9. The van der Waals surface area contributed by atoms with Gasteiger partial charge in [0.05, 0.1) is 25.6 Å². The van der Waals surface area contributed by atoms with E-state index in [0.29, 0.717) is 5.76 Å². The van der Waals surface area contributed by atoms with E-state index in [4.69, 9.17) is 8.83 Å². The van der Waals surface area contributed by atoms with Crippen molar-refractivity contribution in [2.75, 3.05) is 6.54 Å². The number of carbonyl (C=O) groups is 3. The monoisotopic (exact) mass is 463 g/mol. The van der Waals surface area contributed by atoms with Crippen molar-refractivity contribution in [3.05, 3.63) is 83.7 Å². The van der Waals surface area contributed by atoms with E-state index in [1.807, 2.05) is 31.2 Å². The minimum Gasteiger partial charge on any atom is -0.467 e. The van der Waals surface area contributed by atoms with Crippen molar-refractivity contribution < 1.29 is 23.2 Å². The van der Waals surface area contributed by atoms with Crippen molar-refractivity contribution in [1.82, 2.24) is 15.5 Å². The molecule has 0 saturated heterocycles. The lowest BCUT2D eigenvalue weighted by molar-refractivity contribution is -0.141. The van der Waals surface area contributed by atoms with Gasteiger partial charge < -0.3 is 24.4 Å². The summed E-state index contributed by atoms with van der Waals surface area (Å²) < 4.78 is 10.6. The van der Waals surface area contributed by atoms with Gasteiger partial charge in [0.25, 0.3) is 5.91 Å². The molecule has 1 fully saturated rings. The number of hydrogen-bond donors (Lipinski definition) is 2. The second-order valence-corrected chi connectivity index (χ2v) is 8.51. The third-order valence-electron chi connectivity index (χ3n) is 6.12. The minimum atomic E-state index is -0.875. The van der Waals surface area contributed by atoms with Gasteiger partial charge in [0.1, 0.15) is 11.8 Å². The summed E-state index contributed by atoms with van der Waals surface area (Å²) in [5, 5.41) is 5.73. The normalized spacial score (nSPS) is 14.5. The highest BCUT2D eigenvalue weighted by Gasteiger charge is 2.34. The van der Waals surface area contributed by atoms with Gasteiger partial charge in [-0.1, -0.05) is 37.1 Å². The Labute approximate surface area is 198 Å². The van der Waals surface area contributed by atoms with E-state index >= 15 is 0 Å². The van der Waals surface area contributed by atoms with E-state index in [9.17, 15) is 14.4 Å². The smallest absolute Gasteiger partial charge is 0.287 e. The molecule has 1 saturated carbocycles. The highest BCUT2D eigenvalue weighted by atomic mass is 16.3. The third-order valence-corrected chi connectivity index (χ3v) is 6.12. The summed E-state index contributed by atoms with van der Waals surface area (Å²) in [6.45, 7) is 1.71. The van der Waals surface area contributed by atoms with E-state index < -0.39 is 17.9 Å². The van der Waals surface area contributed by atoms with Gasteiger partial charge >= 0.3 is 0 Å². The lowest BCUT2D eigenvalue weighted by Gasteiger charge is -2.32. The predicted octanol–water partition coefficient (Wildman–Crippen LogP) is 3.74.